The van der Waals surface area contributed by atoms with Gasteiger partial charge in [-0.1, -0.05) is 0 Å². The molecule has 0 amide bonds. The summed E-state index contributed by atoms with van der Waals surface area (Å²) < 4.78 is 18.5. The minimum absolute atomic E-state index is 0.0412. The molecule has 1 rings (SSSR count). The molecular formula is C9H9FINO2. The molecule has 0 N–H and O–H groups in total. The molecular weight excluding hydrogens is 300 g/mol. The third kappa shape index (κ3) is 2.90. The smallest absolute Gasteiger partial charge is 0.310 e. The van der Waals surface area contributed by atoms with Crippen molar-refractivity contribution in [3.8, 4) is 0 Å². The molecule has 0 atom stereocenters. The lowest BCUT2D eigenvalue weighted by atomic mass is 10.2. The first-order valence-corrected chi connectivity index (χ1v) is 5.16. The number of carbonyl (C=O) groups excluding carboxylic acids is 1. The van der Waals surface area contributed by atoms with Crippen LogP contribution in [0.15, 0.2) is 12.4 Å². The van der Waals surface area contributed by atoms with Crippen LogP contribution in [0.3, 0.4) is 0 Å². The standard InChI is InChI=1S/C9H9FINO2/c1-2-14-9(13)3-6-7(10)4-12-5-8(6)11/h4-5H,2-3H2,1H3. The van der Waals surface area contributed by atoms with E-state index in [0.29, 0.717) is 15.7 Å². The van der Waals surface area contributed by atoms with E-state index in [4.69, 9.17) is 4.74 Å². The van der Waals surface area contributed by atoms with Gasteiger partial charge in [-0.25, -0.2) is 4.39 Å². The molecule has 3 nitrogen and oxygen atoms in total. The molecule has 1 heterocycles. The van der Waals surface area contributed by atoms with Crippen LogP contribution in [0.4, 0.5) is 4.39 Å². The Balaban J connectivity index is 2.80. The highest BCUT2D eigenvalue weighted by Crippen LogP contribution is 2.15. The summed E-state index contributed by atoms with van der Waals surface area (Å²) in [6.07, 6.45) is 2.56. The van der Waals surface area contributed by atoms with E-state index in [9.17, 15) is 9.18 Å². The van der Waals surface area contributed by atoms with Crippen molar-refractivity contribution in [2.75, 3.05) is 6.61 Å². The third-order valence-corrected chi connectivity index (χ3v) is 2.51. The number of nitrogens with zero attached hydrogens (tertiary/aromatic N) is 1. The summed E-state index contributed by atoms with van der Waals surface area (Å²) >= 11 is 1.94. The fourth-order valence-corrected chi connectivity index (χ4v) is 1.57. The van der Waals surface area contributed by atoms with E-state index in [0.717, 1.165) is 6.20 Å². The van der Waals surface area contributed by atoms with Gasteiger partial charge in [0.05, 0.1) is 19.2 Å². The van der Waals surface area contributed by atoms with Crippen LogP contribution in [0.25, 0.3) is 0 Å². The minimum atomic E-state index is -0.468. The van der Waals surface area contributed by atoms with Gasteiger partial charge in [-0.15, -0.1) is 0 Å². The molecule has 0 bridgehead atoms. The van der Waals surface area contributed by atoms with Gasteiger partial charge in [0.2, 0.25) is 0 Å². The zero-order valence-corrected chi connectivity index (χ0v) is 9.75. The number of esters is 1. The maximum absolute atomic E-state index is 13.2. The lowest BCUT2D eigenvalue weighted by molar-refractivity contribution is -0.142. The Hall–Kier alpha value is -0.720. The summed E-state index contributed by atoms with van der Waals surface area (Å²) in [5, 5.41) is 0. The molecule has 0 aliphatic carbocycles. The highest BCUT2D eigenvalue weighted by atomic mass is 127. The summed E-state index contributed by atoms with van der Waals surface area (Å²) in [5.74, 6) is -0.888. The molecule has 0 fully saturated rings. The van der Waals surface area contributed by atoms with Crippen molar-refractivity contribution in [2.45, 2.75) is 13.3 Å². The van der Waals surface area contributed by atoms with Crippen molar-refractivity contribution in [1.82, 2.24) is 4.98 Å². The Morgan fingerprint density at radius 2 is 2.36 bits per heavy atom. The highest BCUT2D eigenvalue weighted by Gasteiger charge is 2.12. The third-order valence-electron chi connectivity index (χ3n) is 1.58. The van der Waals surface area contributed by atoms with Crippen LogP contribution in [0.2, 0.25) is 0 Å². The van der Waals surface area contributed by atoms with E-state index in [1.54, 1.807) is 6.92 Å². The fraction of sp³-hybridized carbons (Fsp3) is 0.333. The Bertz CT molecular complexity index is 323. The molecule has 5 heteroatoms. The van der Waals surface area contributed by atoms with Gasteiger partial charge in [0.15, 0.2) is 0 Å². The van der Waals surface area contributed by atoms with E-state index in [1.807, 2.05) is 22.6 Å². The number of pyridine rings is 1. The lowest BCUT2D eigenvalue weighted by Gasteiger charge is -2.04. The van der Waals surface area contributed by atoms with Crippen molar-refractivity contribution in [3.05, 3.63) is 27.3 Å². The molecule has 14 heavy (non-hydrogen) atoms. The summed E-state index contributed by atoms with van der Waals surface area (Å²) in [7, 11) is 0. The second-order valence-electron chi connectivity index (χ2n) is 2.56. The molecule has 1 aromatic rings. The lowest BCUT2D eigenvalue weighted by Crippen LogP contribution is -2.10. The van der Waals surface area contributed by atoms with E-state index in [-0.39, 0.29) is 6.42 Å². The van der Waals surface area contributed by atoms with Crippen LogP contribution in [-0.4, -0.2) is 17.6 Å². The molecule has 0 spiro atoms. The highest BCUT2D eigenvalue weighted by molar-refractivity contribution is 14.1. The first-order chi connectivity index (χ1) is 6.65. The molecule has 0 aliphatic rings. The molecule has 0 saturated carbocycles. The van der Waals surface area contributed by atoms with E-state index in [1.165, 1.54) is 6.20 Å². The van der Waals surface area contributed by atoms with Gasteiger partial charge in [-0.05, 0) is 29.5 Å². The topological polar surface area (TPSA) is 39.2 Å². The molecule has 1 aromatic heterocycles. The molecule has 0 saturated heterocycles. The minimum Gasteiger partial charge on any atom is -0.466 e. The maximum Gasteiger partial charge on any atom is 0.310 e. The summed E-state index contributed by atoms with van der Waals surface area (Å²) in [6.45, 7) is 2.02. The average molecular weight is 309 g/mol. The second kappa shape index (κ2) is 5.23. The van der Waals surface area contributed by atoms with Gasteiger partial charge >= 0.3 is 5.97 Å². The predicted molar refractivity (Wildman–Crippen MR) is 57.2 cm³/mol. The van der Waals surface area contributed by atoms with Gasteiger partial charge in [0.25, 0.3) is 0 Å². The monoisotopic (exact) mass is 309 g/mol. The van der Waals surface area contributed by atoms with Gasteiger partial charge < -0.3 is 4.74 Å². The number of ether oxygens (including phenoxy) is 1. The average Bonchev–Trinajstić information content (AvgIpc) is 2.12. The van der Waals surface area contributed by atoms with Crippen molar-refractivity contribution in [3.63, 3.8) is 0 Å². The van der Waals surface area contributed by atoms with Crippen molar-refractivity contribution in [1.29, 1.82) is 0 Å². The maximum atomic E-state index is 13.2. The number of hydrogen-bond donors (Lipinski definition) is 0. The van der Waals surface area contributed by atoms with Crippen LogP contribution in [0, 0.1) is 9.39 Å². The summed E-state index contributed by atoms with van der Waals surface area (Å²) in [4.78, 5) is 14.8. The van der Waals surface area contributed by atoms with Crippen LogP contribution in [0.1, 0.15) is 12.5 Å². The van der Waals surface area contributed by atoms with Gasteiger partial charge in [-0.2, -0.15) is 0 Å². The Morgan fingerprint density at radius 3 is 2.93 bits per heavy atom. The van der Waals surface area contributed by atoms with Gasteiger partial charge in [0.1, 0.15) is 5.82 Å². The van der Waals surface area contributed by atoms with E-state index >= 15 is 0 Å². The van der Waals surface area contributed by atoms with Gasteiger partial charge in [0, 0.05) is 15.3 Å². The SMILES string of the molecule is CCOC(=O)Cc1c(F)cncc1I. The molecule has 0 radical (unpaired) electrons. The Kier molecular flexibility index (Phi) is 4.24. The number of carbonyl (C=O) groups is 1. The number of rotatable bonds is 3. The molecule has 0 aliphatic heterocycles. The van der Waals surface area contributed by atoms with E-state index in [2.05, 4.69) is 4.98 Å². The zero-order valence-electron chi connectivity index (χ0n) is 7.59. The van der Waals surface area contributed by atoms with Crippen LogP contribution in [-0.2, 0) is 16.0 Å². The summed E-state index contributed by atoms with van der Waals surface area (Å²) in [5.41, 5.74) is 0.346. The Labute approximate surface area is 94.8 Å². The van der Waals surface area contributed by atoms with Crippen LogP contribution >= 0.6 is 22.6 Å². The number of hydrogen-bond acceptors (Lipinski definition) is 3. The fourth-order valence-electron chi connectivity index (χ4n) is 0.963. The molecule has 0 aromatic carbocycles. The molecule has 0 unspecified atom stereocenters. The molecule has 76 valence electrons. The van der Waals surface area contributed by atoms with Crippen LogP contribution < -0.4 is 0 Å². The quantitative estimate of drug-likeness (QED) is 0.633. The number of halogens is 2. The first kappa shape index (κ1) is 11.4. The summed E-state index contributed by atoms with van der Waals surface area (Å²) in [6, 6.07) is 0. The Morgan fingerprint density at radius 1 is 1.64 bits per heavy atom. The largest absolute Gasteiger partial charge is 0.466 e. The van der Waals surface area contributed by atoms with Gasteiger partial charge in [-0.3, -0.25) is 9.78 Å². The van der Waals surface area contributed by atoms with Crippen LogP contribution in [0.5, 0.6) is 0 Å². The van der Waals surface area contributed by atoms with E-state index < -0.39 is 11.8 Å². The van der Waals surface area contributed by atoms with Crippen molar-refractivity contribution < 1.29 is 13.9 Å². The predicted octanol–water partition coefficient (Wildman–Crippen LogP) is 1.93. The van der Waals surface area contributed by atoms with Crippen molar-refractivity contribution in [2.24, 2.45) is 0 Å². The first-order valence-electron chi connectivity index (χ1n) is 4.08. The number of aromatic nitrogens is 1. The zero-order chi connectivity index (χ0) is 10.6. The normalized spacial score (nSPS) is 9.93. The van der Waals surface area contributed by atoms with Crippen molar-refractivity contribution >= 4 is 28.6 Å². The second-order valence-corrected chi connectivity index (χ2v) is 3.73.